The SMILES string of the molecule is CC(C)CC(CC(C)C)NC1CCS(=O)CC1. The summed E-state index contributed by atoms with van der Waals surface area (Å²) in [7, 11) is -0.537. The summed E-state index contributed by atoms with van der Waals surface area (Å²) in [5.41, 5.74) is 0. The van der Waals surface area contributed by atoms with Gasteiger partial charge in [0, 0.05) is 34.4 Å². The van der Waals surface area contributed by atoms with Gasteiger partial charge < -0.3 is 5.32 Å². The van der Waals surface area contributed by atoms with Gasteiger partial charge in [-0.15, -0.1) is 0 Å². The van der Waals surface area contributed by atoms with Crippen LogP contribution in [0.4, 0.5) is 0 Å². The fourth-order valence-electron chi connectivity index (χ4n) is 2.66. The largest absolute Gasteiger partial charge is 0.311 e. The van der Waals surface area contributed by atoms with Crippen LogP contribution < -0.4 is 5.32 Å². The van der Waals surface area contributed by atoms with E-state index in [2.05, 4.69) is 33.0 Å². The molecule has 1 heterocycles. The number of hydrogen-bond donors (Lipinski definition) is 1. The lowest BCUT2D eigenvalue weighted by molar-refractivity contribution is 0.316. The van der Waals surface area contributed by atoms with Crippen LogP contribution in [0.3, 0.4) is 0 Å². The van der Waals surface area contributed by atoms with Crippen molar-refractivity contribution in [1.29, 1.82) is 0 Å². The Labute approximate surface area is 109 Å². The summed E-state index contributed by atoms with van der Waals surface area (Å²) in [5.74, 6) is 3.30. The molecule has 3 heteroatoms. The van der Waals surface area contributed by atoms with Gasteiger partial charge in [0.15, 0.2) is 0 Å². The third-order valence-electron chi connectivity index (χ3n) is 3.37. The van der Waals surface area contributed by atoms with Crippen LogP contribution in [0, 0.1) is 11.8 Å². The maximum Gasteiger partial charge on any atom is 0.0249 e. The highest BCUT2D eigenvalue weighted by atomic mass is 32.2. The molecule has 0 atom stereocenters. The van der Waals surface area contributed by atoms with E-state index in [9.17, 15) is 4.21 Å². The zero-order valence-electron chi connectivity index (χ0n) is 11.9. The molecule has 17 heavy (non-hydrogen) atoms. The summed E-state index contributed by atoms with van der Waals surface area (Å²) in [5, 5.41) is 3.80. The van der Waals surface area contributed by atoms with Gasteiger partial charge in [-0.25, -0.2) is 0 Å². The van der Waals surface area contributed by atoms with E-state index in [0.29, 0.717) is 12.1 Å². The Hall–Kier alpha value is 0.110. The van der Waals surface area contributed by atoms with Crippen LogP contribution in [0.25, 0.3) is 0 Å². The van der Waals surface area contributed by atoms with Crippen LogP contribution in [0.2, 0.25) is 0 Å². The van der Waals surface area contributed by atoms with Crippen LogP contribution in [0.15, 0.2) is 0 Å². The first-order valence-electron chi connectivity index (χ1n) is 7.08. The van der Waals surface area contributed by atoms with E-state index in [1.165, 1.54) is 12.8 Å². The number of nitrogens with one attached hydrogen (secondary N) is 1. The molecule has 1 aliphatic rings. The van der Waals surface area contributed by atoms with Gasteiger partial charge >= 0.3 is 0 Å². The van der Waals surface area contributed by atoms with Crippen LogP contribution in [0.5, 0.6) is 0 Å². The molecule has 0 bridgehead atoms. The molecule has 0 spiro atoms. The number of rotatable bonds is 6. The Morgan fingerprint density at radius 1 is 1.06 bits per heavy atom. The van der Waals surface area contributed by atoms with Crippen LogP contribution in [-0.4, -0.2) is 27.8 Å². The smallest absolute Gasteiger partial charge is 0.0249 e. The van der Waals surface area contributed by atoms with Crippen molar-refractivity contribution in [3.05, 3.63) is 0 Å². The predicted molar refractivity (Wildman–Crippen MR) is 76.7 cm³/mol. The maximum absolute atomic E-state index is 11.3. The van der Waals surface area contributed by atoms with E-state index in [1.807, 2.05) is 0 Å². The third kappa shape index (κ3) is 6.56. The Morgan fingerprint density at radius 2 is 1.53 bits per heavy atom. The molecule has 0 amide bonds. The lowest BCUT2D eigenvalue weighted by atomic mass is 9.94. The van der Waals surface area contributed by atoms with Crippen molar-refractivity contribution in [2.45, 2.75) is 65.5 Å². The Kier molecular flexibility index (Phi) is 6.71. The fourth-order valence-corrected chi connectivity index (χ4v) is 3.96. The lowest BCUT2D eigenvalue weighted by Crippen LogP contribution is -2.43. The van der Waals surface area contributed by atoms with Gasteiger partial charge in [0.2, 0.25) is 0 Å². The zero-order valence-corrected chi connectivity index (χ0v) is 12.7. The van der Waals surface area contributed by atoms with Gasteiger partial charge in [-0.3, -0.25) is 4.21 Å². The lowest BCUT2D eigenvalue weighted by Gasteiger charge is -2.30. The van der Waals surface area contributed by atoms with Gasteiger partial charge in [-0.1, -0.05) is 27.7 Å². The van der Waals surface area contributed by atoms with Crippen LogP contribution in [0.1, 0.15) is 53.4 Å². The normalized spacial score (nSPS) is 26.1. The van der Waals surface area contributed by atoms with E-state index < -0.39 is 10.8 Å². The highest BCUT2D eigenvalue weighted by Gasteiger charge is 2.21. The monoisotopic (exact) mass is 259 g/mol. The summed E-state index contributed by atoms with van der Waals surface area (Å²) >= 11 is 0. The van der Waals surface area contributed by atoms with Crippen molar-refractivity contribution in [2.24, 2.45) is 11.8 Å². The van der Waals surface area contributed by atoms with Crippen molar-refractivity contribution in [2.75, 3.05) is 11.5 Å². The summed E-state index contributed by atoms with van der Waals surface area (Å²) in [6, 6.07) is 1.25. The van der Waals surface area contributed by atoms with Crippen molar-refractivity contribution in [1.82, 2.24) is 5.32 Å². The molecule has 0 unspecified atom stereocenters. The molecule has 1 saturated heterocycles. The molecule has 0 aromatic carbocycles. The molecule has 0 radical (unpaired) electrons. The minimum absolute atomic E-state index is 0.537. The van der Waals surface area contributed by atoms with E-state index in [4.69, 9.17) is 0 Å². The van der Waals surface area contributed by atoms with E-state index >= 15 is 0 Å². The third-order valence-corrected chi connectivity index (χ3v) is 4.75. The minimum Gasteiger partial charge on any atom is -0.311 e. The average Bonchev–Trinajstić information content (AvgIpc) is 2.19. The molecular weight excluding hydrogens is 230 g/mol. The van der Waals surface area contributed by atoms with E-state index in [0.717, 1.165) is 36.2 Å². The predicted octanol–water partition coefficient (Wildman–Crippen LogP) is 2.95. The molecular formula is C14H29NOS. The van der Waals surface area contributed by atoms with Crippen molar-refractivity contribution < 1.29 is 4.21 Å². The molecule has 1 rings (SSSR count). The average molecular weight is 259 g/mol. The second kappa shape index (κ2) is 7.52. The first-order chi connectivity index (χ1) is 7.97. The summed E-state index contributed by atoms with van der Waals surface area (Å²) < 4.78 is 11.3. The maximum atomic E-state index is 11.3. The minimum atomic E-state index is -0.537. The van der Waals surface area contributed by atoms with Crippen molar-refractivity contribution in [3.8, 4) is 0 Å². The highest BCUT2D eigenvalue weighted by Crippen LogP contribution is 2.17. The van der Waals surface area contributed by atoms with Gasteiger partial charge in [0.05, 0.1) is 0 Å². The highest BCUT2D eigenvalue weighted by molar-refractivity contribution is 7.85. The molecule has 102 valence electrons. The van der Waals surface area contributed by atoms with E-state index in [1.54, 1.807) is 0 Å². The topological polar surface area (TPSA) is 29.1 Å². The first kappa shape index (κ1) is 15.2. The number of hydrogen-bond acceptors (Lipinski definition) is 2. The molecule has 0 aromatic rings. The molecule has 1 fully saturated rings. The fraction of sp³-hybridized carbons (Fsp3) is 1.00. The Morgan fingerprint density at radius 3 is 1.94 bits per heavy atom. The van der Waals surface area contributed by atoms with Crippen LogP contribution in [-0.2, 0) is 10.8 Å². The Bertz CT molecular complexity index is 220. The van der Waals surface area contributed by atoms with E-state index in [-0.39, 0.29) is 0 Å². The summed E-state index contributed by atoms with van der Waals surface area (Å²) in [6.07, 6.45) is 4.72. The molecule has 0 saturated carbocycles. The standard InChI is InChI=1S/C14H29NOS/c1-11(2)9-14(10-12(3)4)15-13-5-7-17(16)8-6-13/h11-15H,5-10H2,1-4H3. The molecule has 1 N–H and O–H groups in total. The molecule has 2 nitrogen and oxygen atoms in total. The second-order valence-electron chi connectivity index (χ2n) is 6.25. The summed E-state index contributed by atoms with van der Waals surface area (Å²) in [4.78, 5) is 0. The quantitative estimate of drug-likeness (QED) is 0.794. The van der Waals surface area contributed by atoms with Crippen molar-refractivity contribution in [3.63, 3.8) is 0 Å². The van der Waals surface area contributed by atoms with Gasteiger partial charge in [0.25, 0.3) is 0 Å². The Balaban J connectivity index is 2.39. The second-order valence-corrected chi connectivity index (χ2v) is 7.94. The van der Waals surface area contributed by atoms with Crippen LogP contribution >= 0.6 is 0 Å². The summed E-state index contributed by atoms with van der Waals surface area (Å²) in [6.45, 7) is 9.19. The van der Waals surface area contributed by atoms with Crippen molar-refractivity contribution >= 4 is 10.8 Å². The first-order valence-corrected chi connectivity index (χ1v) is 8.57. The zero-order chi connectivity index (χ0) is 12.8. The van der Waals surface area contributed by atoms with Gasteiger partial charge in [-0.2, -0.15) is 0 Å². The molecule has 0 aliphatic carbocycles. The van der Waals surface area contributed by atoms with Gasteiger partial charge in [-0.05, 0) is 37.5 Å². The molecule has 0 aromatic heterocycles. The molecule has 1 aliphatic heterocycles. The van der Waals surface area contributed by atoms with Gasteiger partial charge in [0.1, 0.15) is 0 Å².